The first kappa shape index (κ1) is 16.9. The molecule has 0 aliphatic rings. The number of benzene rings is 1. The van der Waals surface area contributed by atoms with Gasteiger partial charge in [0.15, 0.2) is 23.9 Å². The van der Waals surface area contributed by atoms with Gasteiger partial charge in [-0.3, -0.25) is 5.43 Å². The van der Waals surface area contributed by atoms with E-state index >= 15 is 0 Å². The number of hydrogen-bond donors (Lipinski definition) is 1. The van der Waals surface area contributed by atoms with Gasteiger partial charge in [-0.25, -0.2) is 4.98 Å². The normalized spacial score (nSPS) is 10.3. The number of rotatable bonds is 6. The first-order chi connectivity index (χ1) is 11.1. The standard InChI is InChI=1S/C15H12Cl2N4O2/c1-22-14-6-10(2-3-13(14)23-5-4-18)8-20-21-15-12(17)7-11(16)9-19-15/h2-3,6-9H,5H2,1H3,(H,19,21)/b20-8-. The van der Waals surface area contributed by atoms with Gasteiger partial charge in [0.05, 0.1) is 23.4 Å². The summed E-state index contributed by atoms with van der Waals surface area (Å²) < 4.78 is 10.5. The molecule has 8 heteroatoms. The molecule has 1 aromatic carbocycles. The highest BCUT2D eigenvalue weighted by Crippen LogP contribution is 2.27. The Morgan fingerprint density at radius 2 is 2.17 bits per heavy atom. The molecule has 0 saturated carbocycles. The van der Waals surface area contributed by atoms with Gasteiger partial charge in [0.25, 0.3) is 0 Å². The Morgan fingerprint density at radius 1 is 1.35 bits per heavy atom. The second kappa shape index (κ2) is 8.22. The van der Waals surface area contributed by atoms with Crippen LogP contribution >= 0.6 is 23.2 Å². The molecular formula is C15H12Cl2N4O2. The lowest BCUT2D eigenvalue weighted by atomic mass is 10.2. The molecule has 118 valence electrons. The van der Waals surface area contributed by atoms with E-state index in [0.717, 1.165) is 5.56 Å². The van der Waals surface area contributed by atoms with Crippen LogP contribution in [0.3, 0.4) is 0 Å². The van der Waals surface area contributed by atoms with Gasteiger partial charge in [-0.05, 0) is 29.8 Å². The van der Waals surface area contributed by atoms with Crippen molar-refractivity contribution < 1.29 is 9.47 Å². The lowest BCUT2D eigenvalue weighted by Gasteiger charge is -2.08. The fourth-order valence-electron chi connectivity index (χ4n) is 1.66. The van der Waals surface area contributed by atoms with Crippen molar-refractivity contribution in [3.05, 3.63) is 46.1 Å². The van der Waals surface area contributed by atoms with Crippen LogP contribution in [0.15, 0.2) is 35.6 Å². The quantitative estimate of drug-likeness (QED) is 0.633. The van der Waals surface area contributed by atoms with Crippen LogP contribution in [0.4, 0.5) is 5.82 Å². The first-order valence-electron chi connectivity index (χ1n) is 6.42. The fourth-order valence-corrected chi connectivity index (χ4v) is 2.08. The predicted molar refractivity (Wildman–Crippen MR) is 89.6 cm³/mol. The Morgan fingerprint density at radius 3 is 2.87 bits per heavy atom. The van der Waals surface area contributed by atoms with E-state index in [-0.39, 0.29) is 6.61 Å². The van der Waals surface area contributed by atoms with Gasteiger partial charge in [-0.1, -0.05) is 23.2 Å². The molecule has 1 N–H and O–H groups in total. The number of aromatic nitrogens is 1. The van der Waals surface area contributed by atoms with Crippen LogP contribution in [-0.4, -0.2) is 24.9 Å². The van der Waals surface area contributed by atoms with Crippen molar-refractivity contribution in [2.75, 3.05) is 19.1 Å². The molecule has 0 spiro atoms. The van der Waals surface area contributed by atoms with Gasteiger partial charge in [0.1, 0.15) is 6.07 Å². The molecule has 0 atom stereocenters. The van der Waals surface area contributed by atoms with Crippen molar-refractivity contribution in [3.8, 4) is 17.6 Å². The number of pyridine rings is 1. The highest BCUT2D eigenvalue weighted by atomic mass is 35.5. The molecular weight excluding hydrogens is 339 g/mol. The van der Waals surface area contributed by atoms with E-state index < -0.39 is 0 Å². The Bertz CT molecular complexity index is 760. The second-order valence-electron chi connectivity index (χ2n) is 4.21. The van der Waals surface area contributed by atoms with E-state index in [1.54, 1.807) is 30.5 Å². The molecule has 0 unspecified atom stereocenters. The summed E-state index contributed by atoms with van der Waals surface area (Å²) >= 11 is 11.8. The minimum absolute atomic E-state index is 0.0495. The summed E-state index contributed by atoms with van der Waals surface area (Å²) in [7, 11) is 1.52. The van der Waals surface area contributed by atoms with Crippen LogP contribution in [0.2, 0.25) is 10.0 Å². The van der Waals surface area contributed by atoms with E-state index in [4.69, 9.17) is 37.9 Å². The molecule has 0 saturated heterocycles. The number of anilines is 1. The largest absolute Gasteiger partial charge is 0.493 e. The lowest BCUT2D eigenvalue weighted by molar-refractivity contribution is 0.329. The van der Waals surface area contributed by atoms with Gasteiger partial charge in [-0.15, -0.1) is 0 Å². The Balaban J connectivity index is 2.09. The predicted octanol–water partition coefficient (Wildman–Crippen LogP) is 3.75. The number of hydrazone groups is 1. The summed E-state index contributed by atoms with van der Waals surface area (Å²) in [6.45, 7) is -0.0495. The van der Waals surface area contributed by atoms with Gasteiger partial charge in [0.2, 0.25) is 0 Å². The molecule has 0 bridgehead atoms. The third-order valence-corrected chi connectivity index (χ3v) is 3.17. The smallest absolute Gasteiger partial charge is 0.174 e. The van der Waals surface area contributed by atoms with Crippen molar-refractivity contribution in [2.45, 2.75) is 0 Å². The maximum atomic E-state index is 8.54. The molecule has 0 fully saturated rings. The van der Waals surface area contributed by atoms with Gasteiger partial charge >= 0.3 is 0 Å². The Labute approximate surface area is 143 Å². The van der Waals surface area contributed by atoms with Gasteiger partial charge < -0.3 is 9.47 Å². The maximum Gasteiger partial charge on any atom is 0.174 e. The zero-order chi connectivity index (χ0) is 16.7. The van der Waals surface area contributed by atoms with Crippen LogP contribution in [0.1, 0.15) is 5.56 Å². The zero-order valence-corrected chi connectivity index (χ0v) is 13.6. The van der Waals surface area contributed by atoms with E-state index in [1.165, 1.54) is 13.3 Å². The van der Waals surface area contributed by atoms with Crippen molar-refractivity contribution >= 4 is 35.2 Å². The molecule has 1 heterocycles. The summed E-state index contributed by atoms with van der Waals surface area (Å²) in [5.74, 6) is 1.39. The van der Waals surface area contributed by atoms with Crippen molar-refractivity contribution in [1.29, 1.82) is 5.26 Å². The number of ether oxygens (including phenoxy) is 2. The minimum atomic E-state index is -0.0495. The van der Waals surface area contributed by atoms with E-state index in [2.05, 4.69) is 15.5 Å². The van der Waals surface area contributed by atoms with Gasteiger partial charge in [-0.2, -0.15) is 10.4 Å². The second-order valence-corrected chi connectivity index (χ2v) is 5.05. The van der Waals surface area contributed by atoms with Crippen molar-refractivity contribution in [3.63, 3.8) is 0 Å². The molecule has 1 aromatic heterocycles. The van der Waals surface area contributed by atoms with Crippen LogP contribution in [0, 0.1) is 11.3 Å². The topological polar surface area (TPSA) is 79.5 Å². The van der Waals surface area contributed by atoms with Crippen LogP contribution in [0.25, 0.3) is 0 Å². The van der Waals surface area contributed by atoms with E-state index in [9.17, 15) is 0 Å². The monoisotopic (exact) mass is 350 g/mol. The SMILES string of the molecule is COc1cc(/C=N\Nc2ncc(Cl)cc2Cl)ccc1OCC#N. The van der Waals surface area contributed by atoms with Crippen molar-refractivity contribution in [1.82, 2.24) is 4.98 Å². The molecule has 2 rings (SSSR count). The van der Waals surface area contributed by atoms with Crippen LogP contribution < -0.4 is 14.9 Å². The summed E-state index contributed by atoms with van der Waals surface area (Å²) in [5, 5.41) is 13.4. The van der Waals surface area contributed by atoms with E-state index in [0.29, 0.717) is 27.4 Å². The molecule has 6 nitrogen and oxygen atoms in total. The molecule has 23 heavy (non-hydrogen) atoms. The highest BCUT2D eigenvalue weighted by Gasteiger charge is 2.05. The summed E-state index contributed by atoms with van der Waals surface area (Å²) in [6.07, 6.45) is 3.04. The third-order valence-electron chi connectivity index (χ3n) is 2.67. The number of methoxy groups -OCH3 is 1. The average molecular weight is 351 g/mol. The Kier molecular flexibility index (Phi) is 6.03. The number of hydrogen-bond acceptors (Lipinski definition) is 6. The van der Waals surface area contributed by atoms with E-state index in [1.807, 2.05) is 6.07 Å². The maximum absolute atomic E-state index is 8.54. The average Bonchev–Trinajstić information content (AvgIpc) is 2.55. The first-order valence-corrected chi connectivity index (χ1v) is 7.17. The Hall–Kier alpha value is -2.49. The number of halogens is 2. The zero-order valence-electron chi connectivity index (χ0n) is 12.1. The fraction of sp³-hybridized carbons (Fsp3) is 0.133. The van der Waals surface area contributed by atoms with Gasteiger partial charge in [0, 0.05) is 6.20 Å². The summed E-state index contributed by atoms with van der Waals surface area (Å²) in [6, 6.07) is 8.67. The lowest BCUT2D eigenvalue weighted by Crippen LogP contribution is -1.98. The van der Waals surface area contributed by atoms with Crippen molar-refractivity contribution in [2.24, 2.45) is 5.10 Å². The summed E-state index contributed by atoms with van der Waals surface area (Å²) in [4.78, 5) is 4.03. The molecule has 0 aliphatic heterocycles. The molecule has 0 aliphatic carbocycles. The molecule has 0 radical (unpaired) electrons. The summed E-state index contributed by atoms with van der Waals surface area (Å²) in [5.41, 5.74) is 3.49. The number of nitrogens with zero attached hydrogens (tertiary/aromatic N) is 3. The number of nitrogens with one attached hydrogen (secondary N) is 1. The minimum Gasteiger partial charge on any atom is -0.493 e. The van der Waals surface area contributed by atoms with Crippen LogP contribution in [-0.2, 0) is 0 Å². The van der Waals surface area contributed by atoms with Crippen LogP contribution in [0.5, 0.6) is 11.5 Å². The highest BCUT2D eigenvalue weighted by molar-refractivity contribution is 6.35. The molecule has 2 aromatic rings. The number of nitriles is 1. The molecule has 0 amide bonds. The third kappa shape index (κ3) is 4.74.